The van der Waals surface area contributed by atoms with Crippen LogP contribution < -0.4 is 14.5 Å². The van der Waals surface area contributed by atoms with E-state index in [1.165, 1.54) is 12.8 Å². The molecule has 2 aromatic carbocycles. The molecule has 11 nitrogen and oxygen atoms in total. The van der Waals surface area contributed by atoms with Gasteiger partial charge in [0, 0.05) is 62.9 Å². The predicted molar refractivity (Wildman–Crippen MR) is 175 cm³/mol. The first-order chi connectivity index (χ1) is 21.8. The molecular formula is C33H44N6O5S. The molecule has 12 heteroatoms. The van der Waals surface area contributed by atoms with E-state index in [0.29, 0.717) is 47.8 Å². The first-order valence-corrected chi connectivity index (χ1v) is 17.5. The number of aryl methyl sites for hydroxylation is 2. The summed E-state index contributed by atoms with van der Waals surface area (Å²) in [5.41, 5.74) is 3.36. The molecular weight excluding hydrogens is 592 g/mol. The smallest absolute Gasteiger partial charge is 0.248 e. The van der Waals surface area contributed by atoms with Crippen LogP contribution in [0.5, 0.6) is 5.75 Å². The molecule has 0 N–H and O–H groups in total. The van der Waals surface area contributed by atoms with E-state index >= 15 is 0 Å². The average Bonchev–Trinajstić information content (AvgIpc) is 3.59. The molecule has 242 valence electrons. The molecule has 3 fully saturated rings. The number of anilines is 2. The third-order valence-corrected chi connectivity index (χ3v) is 11.6. The molecule has 1 amide bonds. The number of carbonyl (C=O) groups is 1. The van der Waals surface area contributed by atoms with Crippen molar-refractivity contribution in [2.75, 3.05) is 75.9 Å². The zero-order valence-corrected chi connectivity index (χ0v) is 27.4. The SMILES string of the molecule is COc1cc(C)c(S(=O)(=O)N2CCCCC2COCC(=O)N2CCN(c3ccc4c(N5CCCC5)ncnc4c3)CC2)c(C)c1. The maximum absolute atomic E-state index is 13.8. The van der Waals surface area contributed by atoms with Gasteiger partial charge in [0.05, 0.1) is 24.1 Å². The summed E-state index contributed by atoms with van der Waals surface area (Å²) in [6, 6.07) is 9.58. The zero-order valence-electron chi connectivity index (χ0n) is 26.6. The number of rotatable bonds is 9. The second-order valence-electron chi connectivity index (χ2n) is 12.3. The van der Waals surface area contributed by atoms with Crippen LogP contribution in [-0.2, 0) is 19.6 Å². The van der Waals surface area contributed by atoms with E-state index in [9.17, 15) is 13.2 Å². The Morgan fingerprint density at radius 2 is 1.60 bits per heavy atom. The van der Waals surface area contributed by atoms with Crippen LogP contribution >= 0.6 is 0 Å². The monoisotopic (exact) mass is 636 g/mol. The number of amides is 1. The van der Waals surface area contributed by atoms with Crippen LogP contribution in [0.2, 0.25) is 0 Å². The number of methoxy groups -OCH3 is 1. The van der Waals surface area contributed by atoms with Gasteiger partial charge < -0.3 is 24.2 Å². The van der Waals surface area contributed by atoms with Gasteiger partial charge in [0.1, 0.15) is 24.5 Å². The maximum Gasteiger partial charge on any atom is 0.248 e. The van der Waals surface area contributed by atoms with E-state index in [2.05, 4.69) is 38.0 Å². The number of hydrogen-bond acceptors (Lipinski definition) is 9. The molecule has 1 aromatic heterocycles. The summed E-state index contributed by atoms with van der Waals surface area (Å²) in [7, 11) is -2.16. The molecule has 1 atom stereocenters. The largest absolute Gasteiger partial charge is 0.497 e. The minimum absolute atomic E-state index is 0.0584. The summed E-state index contributed by atoms with van der Waals surface area (Å²) in [4.78, 5) is 29.0. The summed E-state index contributed by atoms with van der Waals surface area (Å²) in [5, 5.41) is 1.08. The zero-order chi connectivity index (χ0) is 31.6. The van der Waals surface area contributed by atoms with E-state index in [1.54, 1.807) is 43.7 Å². The van der Waals surface area contributed by atoms with Gasteiger partial charge in [-0.3, -0.25) is 4.79 Å². The highest BCUT2D eigenvalue weighted by molar-refractivity contribution is 7.89. The number of carbonyl (C=O) groups excluding carboxylic acids is 1. The number of ether oxygens (including phenoxy) is 2. The Morgan fingerprint density at radius 3 is 2.31 bits per heavy atom. The number of piperazine rings is 1. The predicted octanol–water partition coefficient (Wildman–Crippen LogP) is 3.76. The number of hydrogen-bond donors (Lipinski definition) is 0. The molecule has 0 aliphatic carbocycles. The van der Waals surface area contributed by atoms with Crippen molar-refractivity contribution in [1.82, 2.24) is 19.2 Å². The second kappa shape index (κ2) is 13.5. The summed E-state index contributed by atoms with van der Waals surface area (Å²) >= 11 is 0. The molecule has 3 aliphatic heterocycles. The van der Waals surface area contributed by atoms with Crippen molar-refractivity contribution in [3.05, 3.63) is 47.8 Å². The van der Waals surface area contributed by atoms with Gasteiger partial charge in [0.2, 0.25) is 15.9 Å². The molecule has 45 heavy (non-hydrogen) atoms. The van der Waals surface area contributed by atoms with Gasteiger partial charge in [-0.1, -0.05) is 6.42 Å². The summed E-state index contributed by atoms with van der Waals surface area (Å²) in [6.45, 7) is 8.89. The number of piperidine rings is 1. The molecule has 3 aromatic rings. The molecule has 6 rings (SSSR count). The lowest BCUT2D eigenvalue weighted by Gasteiger charge is -2.37. The fraction of sp³-hybridized carbons (Fsp3) is 0.545. The van der Waals surface area contributed by atoms with Gasteiger partial charge in [-0.2, -0.15) is 4.31 Å². The normalized spacial score (nSPS) is 19.8. The van der Waals surface area contributed by atoms with Crippen LogP contribution in [0.4, 0.5) is 11.5 Å². The molecule has 3 saturated heterocycles. The Labute approximate surface area is 266 Å². The molecule has 0 radical (unpaired) electrons. The first-order valence-electron chi connectivity index (χ1n) is 16.0. The van der Waals surface area contributed by atoms with Crippen LogP contribution in [-0.4, -0.2) is 106 Å². The van der Waals surface area contributed by atoms with Crippen LogP contribution in [0, 0.1) is 13.8 Å². The fourth-order valence-electron chi connectivity index (χ4n) is 7.01. The second-order valence-corrected chi connectivity index (χ2v) is 14.2. The van der Waals surface area contributed by atoms with Crippen LogP contribution in [0.15, 0.2) is 41.6 Å². The van der Waals surface area contributed by atoms with E-state index in [-0.39, 0.29) is 25.2 Å². The Kier molecular flexibility index (Phi) is 9.44. The molecule has 0 spiro atoms. The molecule has 0 bridgehead atoms. The Balaban J connectivity index is 1.03. The number of benzene rings is 2. The number of fused-ring (bicyclic) bond motifs is 1. The number of sulfonamides is 1. The van der Waals surface area contributed by atoms with E-state index < -0.39 is 10.0 Å². The van der Waals surface area contributed by atoms with Crippen molar-refractivity contribution in [1.29, 1.82) is 0 Å². The van der Waals surface area contributed by atoms with Crippen LogP contribution in [0.25, 0.3) is 10.9 Å². The van der Waals surface area contributed by atoms with Crippen molar-refractivity contribution >= 4 is 38.3 Å². The molecule has 0 saturated carbocycles. The number of nitrogens with zero attached hydrogens (tertiary/aromatic N) is 6. The van der Waals surface area contributed by atoms with Gasteiger partial charge in [0.15, 0.2) is 0 Å². The standard InChI is InChI=1S/C33H44N6O5S/c1-24-18-28(43-3)19-25(2)32(24)45(41,42)39-13-5-4-8-27(39)21-44-22-31(40)37-16-14-36(15-17-37)26-9-10-29-30(20-26)34-23-35-33(29)38-11-6-7-12-38/h9-10,18-20,23,27H,4-8,11-17,21-22H2,1-3H3. The highest BCUT2D eigenvalue weighted by atomic mass is 32.2. The maximum atomic E-state index is 13.8. The quantitative estimate of drug-likeness (QED) is 0.347. The summed E-state index contributed by atoms with van der Waals surface area (Å²) in [5.74, 6) is 1.59. The van der Waals surface area contributed by atoms with E-state index in [0.717, 1.165) is 61.4 Å². The Hall–Kier alpha value is -3.48. The molecule has 1 unspecified atom stereocenters. The Bertz CT molecular complexity index is 1610. The molecule has 3 aliphatic rings. The topological polar surface area (TPSA) is 108 Å². The van der Waals surface area contributed by atoms with Gasteiger partial charge in [-0.05, 0) is 81.0 Å². The summed E-state index contributed by atoms with van der Waals surface area (Å²) in [6.07, 6.45) is 6.48. The van der Waals surface area contributed by atoms with Crippen molar-refractivity contribution in [2.24, 2.45) is 0 Å². The fourth-order valence-corrected chi connectivity index (χ4v) is 9.10. The van der Waals surface area contributed by atoms with E-state index in [1.807, 2.05) is 4.90 Å². The first kappa shape index (κ1) is 31.5. The number of aromatic nitrogens is 2. The van der Waals surface area contributed by atoms with Gasteiger partial charge in [-0.15, -0.1) is 0 Å². The highest BCUT2D eigenvalue weighted by Crippen LogP contribution is 2.32. The van der Waals surface area contributed by atoms with Gasteiger partial charge in [-0.25, -0.2) is 18.4 Å². The van der Waals surface area contributed by atoms with Crippen LogP contribution in [0.1, 0.15) is 43.2 Å². The van der Waals surface area contributed by atoms with Crippen LogP contribution in [0.3, 0.4) is 0 Å². The van der Waals surface area contributed by atoms with E-state index in [4.69, 9.17) is 9.47 Å². The summed E-state index contributed by atoms with van der Waals surface area (Å²) < 4.78 is 40.5. The lowest BCUT2D eigenvalue weighted by atomic mass is 10.1. The van der Waals surface area contributed by atoms with Crippen molar-refractivity contribution in [3.63, 3.8) is 0 Å². The van der Waals surface area contributed by atoms with Crippen molar-refractivity contribution in [2.45, 2.75) is 56.9 Å². The average molecular weight is 637 g/mol. The third-order valence-electron chi connectivity index (χ3n) is 9.35. The van der Waals surface area contributed by atoms with Crippen molar-refractivity contribution < 1.29 is 22.7 Å². The minimum Gasteiger partial charge on any atom is -0.497 e. The van der Waals surface area contributed by atoms with Crippen molar-refractivity contribution in [3.8, 4) is 5.75 Å². The Morgan fingerprint density at radius 1 is 0.889 bits per heavy atom. The lowest BCUT2D eigenvalue weighted by molar-refractivity contribution is -0.137. The van der Waals surface area contributed by atoms with Gasteiger partial charge >= 0.3 is 0 Å². The van der Waals surface area contributed by atoms with Gasteiger partial charge in [0.25, 0.3) is 0 Å². The third kappa shape index (κ3) is 6.59. The lowest BCUT2D eigenvalue weighted by Crippen LogP contribution is -2.50. The molecule has 4 heterocycles. The minimum atomic E-state index is -3.74. The highest BCUT2D eigenvalue weighted by Gasteiger charge is 2.36.